The van der Waals surface area contributed by atoms with E-state index in [2.05, 4.69) is 15.0 Å². The van der Waals surface area contributed by atoms with Gasteiger partial charge in [-0.25, -0.2) is 4.79 Å². The van der Waals surface area contributed by atoms with Gasteiger partial charge in [0.15, 0.2) is 0 Å². The van der Waals surface area contributed by atoms with E-state index >= 15 is 0 Å². The number of para-hydroxylation sites is 1. The Morgan fingerprint density at radius 2 is 1.88 bits per heavy atom. The summed E-state index contributed by atoms with van der Waals surface area (Å²) in [7, 11) is 3.54. The summed E-state index contributed by atoms with van der Waals surface area (Å²) >= 11 is 0. The Balaban J connectivity index is 2.30. The number of H-pyrrole nitrogens is 1. The third-order valence-electron chi connectivity index (χ3n) is 1.99. The van der Waals surface area contributed by atoms with Gasteiger partial charge in [0, 0.05) is 14.1 Å². The number of nitrogens with one attached hydrogen (secondary N) is 1. The van der Waals surface area contributed by atoms with Gasteiger partial charge in [0.2, 0.25) is 5.95 Å². The Morgan fingerprint density at radius 3 is 2.53 bits per heavy atom. The van der Waals surface area contributed by atoms with Crippen LogP contribution in [-0.4, -0.2) is 29.0 Å². The third kappa shape index (κ3) is 2.81. The molecule has 1 N–H and O–H groups in total. The molecule has 0 saturated carbocycles. The van der Waals surface area contributed by atoms with Gasteiger partial charge in [-0.1, -0.05) is 18.2 Å². The van der Waals surface area contributed by atoms with Crippen LogP contribution in [0.5, 0.6) is 11.8 Å². The third-order valence-corrected chi connectivity index (χ3v) is 1.99. The molecule has 2 rings (SSSR count). The SMILES string of the molecule is CN(C)c1nc(Oc2ccccc2)nc(=O)[nH]1. The number of aromatic nitrogens is 3. The summed E-state index contributed by atoms with van der Waals surface area (Å²) < 4.78 is 5.38. The van der Waals surface area contributed by atoms with E-state index in [1.165, 1.54) is 0 Å². The molecule has 6 nitrogen and oxygen atoms in total. The van der Waals surface area contributed by atoms with Crippen LogP contribution in [0.3, 0.4) is 0 Å². The molecular weight excluding hydrogens is 220 g/mol. The molecule has 0 radical (unpaired) electrons. The van der Waals surface area contributed by atoms with E-state index in [9.17, 15) is 4.79 Å². The second-order valence-corrected chi connectivity index (χ2v) is 3.57. The zero-order chi connectivity index (χ0) is 12.3. The average molecular weight is 232 g/mol. The Morgan fingerprint density at radius 1 is 1.18 bits per heavy atom. The highest BCUT2D eigenvalue weighted by molar-refractivity contribution is 5.29. The molecule has 88 valence electrons. The fourth-order valence-electron chi connectivity index (χ4n) is 1.21. The number of benzene rings is 1. The fourth-order valence-corrected chi connectivity index (χ4v) is 1.21. The Kier molecular flexibility index (Phi) is 3.04. The highest BCUT2D eigenvalue weighted by Crippen LogP contribution is 2.16. The largest absolute Gasteiger partial charge is 0.424 e. The van der Waals surface area contributed by atoms with E-state index < -0.39 is 5.69 Å². The molecule has 0 atom stereocenters. The van der Waals surface area contributed by atoms with Crippen LogP contribution in [-0.2, 0) is 0 Å². The number of hydrogen-bond acceptors (Lipinski definition) is 5. The fraction of sp³-hybridized carbons (Fsp3) is 0.182. The highest BCUT2D eigenvalue weighted by Gasteiger charge is 2.06. The number of nitrogens with zero attached hydrogens (tertiary/aromatic N) is 3. The Bertz CT molecular complexity index is 551. The van der Waals surface area contributed by atoms with Gasteiger partial charge in [-0.2, -0.15) is 4.98 Å². The molecule has 1 aromatic heterocycles. The van der Waals surface area contributed by atoms with Gasteiger partial charge in [-0.3, -0.25) is 4.98 Å². The lowest BCUT2D eigenvalue weighted by Gasteiger charge is -2.10. The van der Waals surface area contributed by atoms with Gasteiger partial charge in [0.25, 0.3) is 0 Å². The Hall–Kier alpha value is -2.37. The molecule has 6 heteroatoms. The van der Waals surface area contributed by atoms with Crippen LogP contribution < -0.4 is 15.3 Å². The normalized spacial score (nSPS) is 10.0. The minimum absolute atomic E-state index is 0.0312. The smallest absolute Gasteiger partial charge is 0.352 e. The second-order valence-electron chi connectivity index (χ2n) is 3.57. The maximum Gasteiger partial charge on any atom is 0.352 e. The van der Waals surface area contributed by atoms with Crippen molar-refractivity contribution in [2.75, 3.05) is 19.0 Å². The van der Waals surface area contributed by atoms with Gasteiger partial charge in [0.1, 0.15) is 5.75 Å². The van der Waals surface area contributed by atoms with Crippen molar-refractivity contribution < 1.29 is 4.74 Å². The summed E-state index contributed by atoms with van der Waals surface area (Å²) in [6, 6.07) is 9.09. The first-order chi connectivity index (χ1) is 8.15. The molecule has 0 bridgehead atoms. The van der Waals surface area contributed by atoms with E-state index in [4.69, 9.17) is 4.74 Å². The lowest BCUT2D eigenvalue weighted by molar-refractivity contribution is 0.437. The Labute approximate surface area is 97.9 Å². The van der Waals surface area contributed by atoms with Crippen molar-refractivity contribution in [2.45, 2.75) is 0 Å². The first-order valence-corrected chi connectivity index (χ1v) is 5.04. The zero-order valence-corrected chi connectivity index (χ0v) is 9.54. The molecule has 0 saturated heterocycles. The molecule has 1 aromatic carbocycles. The van der Waals surface area contributed by atoms with Crippen molar-refractivity contribution in [1.82, 2.24) is 15.0 Å². The molecule has 0 unspecified atom stereocenters. The lowest BCUT2D eigenvalue weighted by atomic mass is 10.3. The summed E-state index contributed by atoms with van der Waals surface area (Å²) in [5.41, 5.74) is -0.491. The molecular formula is C11H12N4O2. The molecule has 0 aliphatic rings. The summed E-state index contributed by atoms with van der Waals surface area (Å²) in [6.07, 6.45) is 0. The van der Waals surface area contributed by atoms with Crippen LogP contribution in [0, 0.1) is 0 Å². The van der Waals surface area contributed by atoms with Crippen molar-refractivity contribution in [3.05, 3.63) is 40.8 Å². The molecule has 2 aromatic rings. The minimum Gasteiger partial charge on any atom is -0.424 e. The highest BCUT2D eigenvalue weighted by atomic mass is 16.5. The topological polar surface area (TPSA) is 71.1 Å². The molecule has 0 spiro atoms. The van der Waals surface area contributed by atoms with Gasteiger partial charge < -0.3 is 9.64 Å². The molecule has 17 heavy (non-hydrogen) atoms. The standard InChI is InChI=1S/C11H12N4O2/c1-15(2)9-12-10(16)14-11(13-9)17-8-6-4-3-5-7-8/h3-7H,1-2H3,(H,12,13,14,16). The zero-order valence-electron chi connectivity index (χ0n) is 9.54. The first-order valence-electron chi connectivity index (χ1n) is 5.04. The maximum atomic E-state index is 11.3. The molecule has 0 amide bonds. The average Bonchev–Trinajstić information content (AvgIpc) is 2.29. The maximum absolute atomic E-state index is 11.3. The summed E-state index contributed by atoms with van der Waals surface area (Å²) in [4.78, 5) is 23.2. The van der Waals surface area contributed by atoms with E-state index in [-0.39, 0.29) is 6.01 Å². The molecule has 1 heterocycles. The predicted molar refractivity (Wildman–Crippen MR) is 63.5 cm³/mol. The van der Waals surface area contributed by atoms with Crippen molar-refractivity contribution in [1.29, 1.82) is 0 Å². The predicted octanol–water partition coefficient (Wildman–Crippen LogP) is 1.02. The van der Waals surface area contributed by atoms with Crippen molar-refractivity contribution in [3.63, 3.8) is 0 Å². The first kappa shape index (κ1) is 11.1. The van der Waals surface area contributed by atoms with Crippen molar-refractivity contribution in [3.8, 4) is 11.8 Å². The number of rotatable bonds is 3. The van der Waals surface area contributed by atoms with Gasteiger partial charge in [-0.05, 0) is 12.1 Å². The van der Waals surface area contributed by atoms with E-state index in [0.717, 1.165) is 0 Å². The van der Waals surface area contributed by atoms with Crippen LogP contribution in [0.15, 0.2) is 35.1 Å². The van der Waals surface area contributed by atoms with Crippen molar-refractivity contribution in [2.24, 2.45) is 0 Å². The number of anilines is 1. The van der Waals surface area contributed by atoms with E-state index in [1.807, 2.05) is 18.2 Å². The molecule has 0 fully saturated rings. The van der Waals surface area contributed by atoms with Crippen LogP contribution in [0.25, 0.3) is 0 Å². The second kappa shape index (κ2) is 4.65. The molecule has 0 aliphatic heterocycles. The van der Waals surface area contributed by atoms with Gasteiger partial charge >= 0.3 is 11.7 Å². The number of aromatic amines is 1. The van der Waals surface area contributed by atoms with E-state index in [1.54, 1.807) is 31.1 Å². The summed E-state index contributed by atoms with van der Waals surface area (Å²) in [5.74, 6) is 0.985. The van der Waals surface area contributed by atoms with Gasteiger partial charge in [-0.15, -0.1) is 4.98 Å². The van der Waals surface area contributed by atoms with Crippen LogP contribution in [0.2, 0.25) is 0 Å². The summed E-state index contributed by atoms with van der Waals surface area (Å²) in [5, 5.41) is 0. The van der Waals surface area contributed by atoms with Gasteiger partial charge in [0.05, 0.1) is 0 Å². The number of hydrogen-bond donors (Lipinski definition) is 1. The number of ether oxygens (including phenoxy) is 1. The van der Waals surface area contributed by atoms with Crippen molar-refractivity contribution >= 4 is 5.95 Å². The molecule has 0 aliphatic carbocycles. The van der Waals surface area contributed by atoms with Crippen LogP contribution in [0.1, 0.15) is 0 Å². The van der Waals surface area contributed by atoms with E-state index in [0.29, 0.717) is 11.7 Å². The quantitative estimate of drug-likeness (QED) is 0.855. The monoisotopic (exact) mass is 232 g/mol. The minimum atomic E-state index is -0.491. The lowest BCUT2D eigenvalue weighted by Crippen LogP contribution is -2.21. The van der Waals surface area contributed by atoms with Crippen LogP contribution in [0.4, 0.5) is 5.95 Å². The summed E-state index contributed by atoms with van der Waals surface area (Å²) in [6.45, 7) is 0. The van der Waals surface area contributed by atoms with Crippen LogP contribution >= 0.6 is 0 Å².